The molecule has 2 nitrogen and oxygen atoms in total. The van der Waals surface area contributed by atoms with Crippen molar-refractivity contribution in [2.45, 2.75) is 19.9 Å². The van der Waals surface area contributed by atoms with Gasteiger partial charge in [-0.15, -0.1) is 0 Å². The summed E-state index contributed by atoms with van der Waals surface area (Å²) in [5.41, 5.74) is 6.27. The Bertz CT molecular complexity index is 970. The molecule has 0 radical (unpaired) electrons. The predicted octanol–water partition coefficient (Wildman–Crippen LogP) is 5.39. The van der Waals surface area contributed by atoms with E-state index in [2.05, 4.69) is 70.4 Å². The third-order valence-electron chi connectivity index (χ3n) is 4.96. The van der Waals surface area contributed by atoms with E-state index in [-0.39, 0.29) is 5.82 Å². The molecule has 4 heteroatoms. The van der Waals surface area contributed by atoms with Crippen molar-refractivity contribution < 1.29 is 4.39 Å². The topological polar surface area (TPSA) is 8.17 Å². The third-order valence-corrected chi connectivity index (χ3v) is 5.63. The molecular formula is C21H20FIN2. The number of nitrogens with zero attached hydrogens (tertiary/aromatic N) is 2. The summed E-state index contributed by atoms with van der Waals surface area (Å²) in [6, 6.07) is 13.4. The second-order valence-corrected chi connectivity index (χ2v) is 8.01. The summed E-state index contributed by atoms with van der Waals surface area (Å²) in [6.07, 6.45) is 3.25. The lowest BCUT2D eigenvalue weighted by atomic mass is 10.1. The number of likely N-dealkylation sites (N-methyl/N-ethyl adjacent to an activating group) is 1. The lowest BCUT2D eigenvalue weighted by Gasteiger charge is -2.23. The van der Waals surface area contributed by atoms with Gasteiger partial charge < -0.3 is 9.47 Å². The van der Waals surface area contributed by atoms with Gasteiger partial charge in [-0.05, 0) is 83.6 Å². The van der Waals surface area contributed by atoms with Gasteiger partial charge in [-0.2, -0.15) is 0 Å². The summed E-state index contributed by atoms with van der Waals surface area (Å²) in [5.74, 6) is -0.196. The van der Waals surface area contributed by atoms with Crippen LogP contribution in [0.2, 0.25) is 0 Å². The molecule has 1 aromatic heterocycles. The molecule has 1 aliphatic heterocycles. The maximum absolute atomic E-state index is 13.2. The van der Waals surface area contributed by atoms with Gasteiger partial charge >= 0.3 is 0 Å². The molecule has 0 saturated carbocycles. The standard InChI is InChI=1S/C21H20FIN2/c1-14(15-3-5-16(22)6-4-15)12-25-20-8-7-17(23)11-18(20)19-13-24(2)10-9-21(19)25/h3-8,11-12H,9-10,13H2,1-2H3. The van der Waals surface area contributed by atoms with Crippen molar-refractivity contribution in [3.63, 3.8) is 0 Å². The Hall–Kier alpha value is -1.66. The zero-order valence-electron chi connectivity index (χ0n) is 14.4. The van der Waals surface area contributed by atoms with Crippen LogP contribution in [0.15, 0.2) is 42.5 Å². The minimum absolute atomic E-state index is 0.196. The van der Waals surface area contributed by atoms with Crippen LogP contribution in [0.5, 0.6) is 0 Å². The highest BCUT2D eigenvalue weighted by Crippen LogP contribution is 2.33. The molecule has 3 aromatic rings. The van der Waals surface area contributed by atoms with E-state index in [1.54, 1.807) is 0 Å². The zero-order valence-corrected chi connectivity index (χ0v) is 16.5. The second-order valence-electron chi connectivity index (χ2n) is 6.76. The molecule has 25 heavy (non-hydrogen) atoms. The van der Waals surface area contributed by atoms with E-state index < -0.39 is 0 Å². The van der Waals surface area contributed by atoms with Crippen molar-refractivity contribution in [3.8, 4) is 0 Å². The summed E-state index contributed by atoms with van der Waals surface area (Å²) >= 11 is 2.38. The first-order chi connectivity index (χ1) is 12.0. The van der Waals surface area contributed by atoms with Gasteiger partial charge in [-0.25, -0.2) is 4.39 Å². The second kappa shape index (κ2) is 6.57. The summed E-state index contributed by atoms with van der Waals surface area (Å²) in [7, 11) is 2.18. The molecule has 0 fully saturated rings. The quantitative estimate of drug-likeness (QED) is 0.480. The van der Waals surface area contributed by atoms with Crippen molar-refractivity contribution in [1.82, 2.24) is 9.47 Å². The van der Waals surface area contributed by atoms with Crippen molar-refractivity contribution in [3.05, 3.63) is 68.7 Å². The van der Waals surface area contributed by atoms with Gasteiger partial charge in [-0.3, -0.25) is 0 Å². The van der Waals surface area contributed by atoms with Gasteiger partial charge in [-0.1, -0.05) is 12.1 Å². The van der Waals surface area contributed by atoms with Crippen LogP contribution in [0, 0.1) is 9.39 Å². The van der Waals surface area contributed by atoms with Crippen molar-refractivity contribution in [1.29, 1.82) is 0 Å². The fraction of sp³-hybridized carbons (Fsp3) is 0.238. The Kier molecular flexibility index (Phi) is 4.41. The van der Waals surface area contributed by atoms with Gasteiger partial charge in [0.25, 0.3) is 0 Å². The van der Waals surface area contributed by atoms with Gasteiger partial charge in [0, 0.05) is 40.4 Å². The van der Waals surface area contributed by atoms with Crippen LogP contribution in [0.4, 0.5) is 4.39 Å². The summed E-state index contributed by atoms with van der Waals surface area (Å²) < 4.78 is 16.8. The monoisotopic (exact) mass is 446 g/mol. The number of fused-ring (bicyclic) bond motifs is 3. The highest BCUT2D eigenvalue weighted by molar-refractivity contribution is 14.1. The van der Waals surface area contributed by atoms with Crippen LogP contribution in [0.1, 0.15) is 23.7 Å². The largest absolute Gasteiger partial charge is 0.320 e. The number of hydrogen-bond acceptors (Lipinski definition) is 1. The number of hydrogen-bond donors (Lipinski definition) is 0. The molecule has 0 atom stereocenters. The van der Waals surface area contributed by atoms with Crippen molar-refractivity contribution >= 4 is 45.3 Å². The Labute approximate surface area is 161 Å². The average molecular weight is 446 g/mol. The van der Waals surface area contributed by atoms with Crippen LogP contribution in [-0.2, 0) is 13.0 Å². The van der Waals surface area contributed by atoms with E-state index in [0.29, 0.717) is 0 Å². The molecule has 4 rings (SSSR count). The first kappa shape index (κ1) is 16.8. The SMILES string of the molecule is CC(=Cn1c2c(c3cc(I)ccc31)CN(C)CC2)c1ccc(F)cc1. The molecule has 128 valence electrons. The van der Waals surface area contributed by atoms with Gasteiger partial charge in [0.05, 0.1) is 5.52 Å². The Balaban J connectivity index is 1.89. The molecule has 2 aromatic carbocycles. The molecule has 0 amide bonds. The lowest BCUT2D eigenvalue weighted by Crippen LogP contribution is -2.26. The Morgan fingerprint density at radius 3 is 2.68 bits per heavy atom. The molecular weight excluding hydrogens is 426 g/mol. The minimum atomic E-state index is -0.196. The molecule has 0 spiro atoms. The Morgan fingerprint density at radius 2 is 1.92 bits per heavy atom. The highest BCUT2D eigenvalue weighted by Gasteiger charge is 2.21. The van der Waals surface area contributed by atoms with E-state index in [9.17, 15) is 4.39 Å². The van der Waals surface area contributed by atoms with Crippen LogP contribution in [0.25, 0.3) is 22.7 Å². The van der Waals surface area contributed by atoms with Gasteiger partial charge in [0.15, 0.2) is 0 Å². The van der Waals surface area contributed by atoms with Crippen LogP contribution < -0.4 is 0 Å². The van der Waals surface area contributed by atoms with E-state index in [4.69, 9.17) is 0 Å². The van der Waals surface area contributed by atoms with Crippen LogP contribution in [-0.4, -0.2) is 23.1 Å². The maximum atomic E-state index is 13.2. The van der Waals surface area contributed by atoms with Crippen LogP contribution >= 0.6 is 22.6 Å². The molecule has 0 saturated heterocycles. The first-order valence-corrected chi connectivity index (χ1v) is 9.55. The van der Waals surface area contributed by atoms with Crippen molar-refractivity contribution in [2.75, 3.05) is 13.6 Å². The number of halogens is 2. The molecule has 0 N–H and O–H groups in total. The van der Waals surface area contributed by atoms with Crippen molar-refractivity contribution in [2.24, 2.45) is 0 Å². The van der Waals surface area contributed by atoms with Gasteiger partial charge in [0.1, 0.15) is 5.82 Å². The molecule has 0 bridgehead atoms. The maximum Gasteiger partial charge on any atom is 0.123 e. The summed E-state index contributed by atoms with van der Waals surface area (Å²) in [4.78, 5) is 2.38. The summed E-state index contributed by atoms with van der Waals surface area (Å²) in [6.45, 7) is 4.15. The van der Waals surface area contributed by atoms with Gasteiger partial charge in [0.2, 0.25) is 0 Å². The lowest BCUT2D eigenvalue weighted by molar-refractivity contribution is 0.312. The van der Waals surface area contributed by atoms with E-state index in [1.165, 1.54) is 37.9 Å². The fourth-order valence-electron chi connectivity index (χ4n) is 3.63. The van der Waals surface area contributed by atoms with Crippen LogP contribution in [0.3, 0.4) is 0 Å². The smallest absolute Gasteiger partial charge is 0.123 e. The predicted molar refractivity (Wildman–Crippen MR) is 111 cm³/mol. The van der Waals surface area contributed by atoms with E-state index in [0.717, 1.165) is 30.6 Å². The fourth-order valence-corrected chi connectivity index (χ4v) is 4.12. The molecule has 2 heterocycles. The van der Waals surface area contributed by atoms with E-state index in [1.807, 2.05) is 12.1 Å². The first-order valence-electron chi connectivity index (χ1n) is 8.47. The number of rotatable bonds is 2. The highest BCUT2D eigenvalue weighted by atomic mass is 127. The molecule has 1 aliphatic rings. The zero-order chi connectivity index (χ0) is 17.6. The normalized spacial score (nSPS) is 15.6. The molecule has 0 unspecified atom stereocenters. The summed E-state index contributed by atoms with van der Waals surface area (Å²) in [5, 5.41) is 1.34. The third kappa shape index (κ3) is 3.13. The number of aromatic nitrogens is 1. The Morgan fingerprint density at radius 1 is 1.16 bits per heavy atom. The average Bonchev–Trinajstić information content (AvgIpc) is 2.88. The molecule has 0 aliphatic carbocycles. The minimum Gasteiger partial charge on any atom is -0.320 e. The van der Waals surface area contributed by atoms with E-state index >= 15 is 0 Å². The number of allylic oxidation sites excluding steroid dienone is 1. The number of benzene rings is 2.